The molecule has 0 atom stereocenters. The van der Waals surface area contributed by atoms with Gasteiger partial charge in [0.25, 0.3) is 0 Å². The van der Waals surface area contributed by atoms with Crippen molar-refractivity contribution >= 4 is 23.3 Å². The minimum Gasteiger partial charge on any atom is -0.364 e. The number of benzene rings is 1. The molecule has 14 heavy (non-hydrogen) atoms. The van der Waals surface area contributed by atoms with Crippen LogP contribution in [0.5, 0.6) is 0 Å². The largest absolute Gasteiger partial charge is 0.364 e. The molecule has 0 radical (unpaired) electrons. The summed E-state index contributed by atoms with van der Waals surface area (Å²) in [6.45, 7) is 0.180. The molecule has 0 aliphatic heterocycles. The molecule has 0 saturated carbocycles. The van der Waals surface area contributed by atoms with Crippen molar-refractivity contribution in [2.75, 3.05) is 19.2 Å². The number of anilines is 1. The highest BCUT2D eigenvalue weighted by molar-refractivity contribution is 6.30. The predicted molar refractivity (Wildman–Crippen MR) is 55.5 cm³/mol. The summed E-state index contributed by atoms with van der Waals surface area (Å²) in [5.74, 6) is 0. The summed E-state index contributed by atoms with van der Waals surface area (Å²) in [7, 11) is 1.50. The highest BCUT2D eigenvalue weighted by Gasteiger charge is 1.99. The maximum Gasteiger partial charge on any atom is 0.321 e. The van der Waals surface area contributed by atoms with E-state index in [0.717, 1.165) is 0 Å². The lowest BCUT2D eigenvalue weighted by Crippen LogP contribution is -2.30. The Morgan fingerprint density at radius 1 is 1.43 bits per heavy atom. The Balaban J connectivity index is 2.44. The molecule has 1 aromatic rings. The first-order chi connectivity index (χ1) is 6.72. The predicted octanol–water partition coefficient (Wildman–Crippen LogP) is 2.07. The topological polar surface area (TPSA) is 50.4 Å². The number of carbonyl (C=O) groups is 1. The van der Waals surface area contributed by atoms with Crippen LogP contribution in [0.15, 0.2) is 24.3 Å². The van der Waals surface area contributed by atoms with Gasteiger partial charge in [0, 0.05) is 17.8 Å². The molecular weight excluding hydrogens is 204 g/mol. The molecule has 76 valence electrons. The van der Waals surface area contributed by atoms with Crippen LogP contribution < -0.4 is 10.6 Å². The van der Waals surface area contributed by atoms with Gasteiger partial charge < -0.3 is 15.4 Å². The standard InChI is InChI=1S/C9H11ClN2O2/c1-14-6-11-9(13)12-8-4-2-7(10)3-5-8/h2-5H,6H2,1H3,(H2,11,12,13). The van der Waals surface area contributed by atoms with Crippen LogP contribution in [0.25, 0.3) is 0 Å². The van der Waals surface area contributed by atoms with Crippen molar-refractivity contribution in [2.45, 2.75) is 0 Å². The van der Waals surface area contributed by atoms with Crippen LogP contribution >= 0.6 is 11.6 Å². The van der Waals surface area contributed by atoms with Gasteiger partial charge in [0.15, 0.2) is 0 Å². The van der Waals surface area contributed by atoms with Crippen LogP contribution in [0.3, 0.4) is 0 Å². The Bertz CT molecular complexity index is 300. The molecule has 1 rings (SSSR count). The number of methoxy groups -OCH3 is 1. The van der Waals surface area contributed by atoms with Crippen LogP contribution in [-0.4, -0.2) is 19.9 Å². The second-order valence-corrected chi connectivity index (χ2v) is 3.01. The molecule has 0 saturated heterocycles. The quantitative estimate of drug-likeness (QED) is 0.757. The monoisotopic (exact) mass is 214 g/mol. The van der Waals surface area contributed by atoms with Gasteiger partial charge in [0.2, 0.25) is 0 Å². The first kappa shape index (κ1) is 10.8. The molecular formula is C9H11ClN2O2. The van der Waals surface area contributed by atoms with Gasteiger partial charge in [0.1, 0.15) is 6.73 Å². The van der Waals surface area contributed by atoms with Crippen LogP contribution in [0.4, 0.5) is 10.5 Å². The number of nitrogens with one attached hydrogen (secondary N) is 2. The van der Waals surface area contributed by atoms with Crippen molar-refractivity contribution in [3.63, 3.8) is 0 Å². The van der Waals surface area contributed by atoms with Crippen LogP contribution in [0.2, 0.25) is 5.02 Å². The minimum atomic E-state index is -0.311. The molecule has 2 amide bonds. The Labute approximate surface area is 87.2 Å². The van der Waals surface area contributed by atoms with Gasteiger partial charge in [-0.25, -0.2) is 4.79 Å². The molecule has 0 unspecified atom stereocenters. The van der Waals surface area contributed by atoms with Crippen LogP contribution in [-0.2, 0) is 4.74 Å². The normalized spacial score (nSPS) is 9.57. The lowest BCUT2D eigenvalue weighted by atomic mass is 10.3. The van der Waals surface area contributed by atoms with Gasteiger partial charge in [-0.1, -0.05) is 11.6 Å². The van der Waals surface area contributed by atoms with Crippen molar-refractivity contribution in [2.24, 2.45) is 0 Å². The Hall–Kier alpha value is -1.26. The summed E-state index contributed by atoms with van der Waals surface area (Å²) in [4.78, 5) is 11.1. The summed E-state index contributed by atoms with van der Waals surface area (Å²) < 4.78 is 4.68. The van der Waals surface area contributed by atoms with Gasteiger partial charge >= 0.3 is 6.03 Å². The van der Waals surface area contributed by atoms with Gasteiger partial charge in [-0.2, -0.15) is 0 Å². The number of carbonyl (C=O) groups excluding carboxylic acids is 1. The lowest BCUT2D eigenvalue weighted by Gasteiger charge is -2.06. The van der Waals surface area contributed by atoms with Crippen molar-refractivity contribution in [3.8, 4) is 0 Å². The van der Waals surface area contributed by atoms with Gasteiger partial charge in [-0.05, 0) is 24.3 Å². The molecule has 0 aromatic heterocycles. The number of amides is 2. The van der Waals surface area contributed by atoms with E-state index in [-0.39, 0.29) is 12.8 Å². The number of halogens is 1. The number of ether oxygens (including phenoxy) is 1. The molecule has 0 heterocycles. The molecule has 2 N–H and O–H groups in total. The summed E-state index contributed by atoms with van der Waals surface area (Å²) in [6.07, 6.45) is 0. The van der Waals surface area contributed by atoms with E-state index < -0.39 is 0 Å². The number of urea groups is 1. The van der Waals surface area contributed by atoms with Crippen molar-refractivity contribution in [1.29, 1.82) is 0 Å². The van der Waals surface area contributed by atoms with E-state index in [9.17, 15) is 4.79 Å². The van der Waals surface area contributed by atoms with E-state index in [4.69, 9.17) is 11.6 Å². The van der Waals surface area contributed by atoms with E-state index in [1.807, 2.05) is 0 Å². The average molecular weight is 215 g/mol. The fraction of sp³-hybridized carbons (Fsp3) is 0.222. The third kappa shape index (κ3) is 3.64. The van der Waals surface area contributed by atoms with Crippen molar-refractivity contribution in [1.82, 2.24) is 5.32 Å². The Morgan fingerprint density at radius 3 is 2.64 bits per heavy atom. The molecule has 4 nitrogen and oxygen atoms in total. The molecule has 0 spiro atoms. The minimum absolute atomic E-state index is 0.180. The summed E-state index contributed by atoms with van der Waals surface area (Å²) in [5, 5.41) is 5.74. The number of hydrogen-bond acceptors (Lipinski definition) is 2. The highest BCUT2D eigenvalue weighted by Crippen LogP contribution is 2.12. The zero-order valence-corrected chi connectivity index (χ0v) is 8.47. The average Bonchev–Trinajstić information content (AvgIpc) is 2.18. The van der Waals surface area contributed by atoms with Crippen LogP contribution in [0, 0.1) is 0 Å². The van der Waals surface area contributed by atoms with E-state index in [0.29, 0.717) is 10.7 Å². The third-order valence-corrected chi connectivity index (χ3v) is 1.73. The van der Waals surface area contributed by atoms with Gasteiger partial charge in [-0.15, -0.1) is 0 Å². The van der Waals surface area contributed by atoms with Crippen molar-refractivity contribution < 1.29 is 9.53 Å². The summed E-state index contributed by atoms with van der Waals surface area (Å²) in [6, 6.07) is 6.53. The number of rotatable bonds is 3. The van der Waals surface area contributed by atoms with Crippen molar-refractivity contribution in [3.05, 3.63) is 29.3 Å². The Kier molecular flexibility index (Phi) is 4.22. The third-order valence-electron chi connectivity index (χ3n) is 1.48. The lowest BCUT2D eigenvalue weighted by molar-refractivity contribution is 0.177. The zero-order valence-electron chi connectivity index (χ0n) is 7.71. The molecule has 1 aromatic carbocycles. The van der Waals surface area contributed by atoms with E-state index in [1.165, 1.54) is 7.11 Å². The smallest absolute Gasteiger partial charge is 0.321 e. The molecule has 0 aliphatic rings. The van der Waals surface area contributed by atoms with Crippen LogP contribution in [0.1, 0.15) is 0 Å². The fourth-order valence-corrected chi connectivity index (χ4v) is 0.972. The second-order valence-electron chi connectivity index (χ2n) is 2.57. The molecule has 0 aliphatic carbocycles. The summed E-state index contributed by atoms with van der Waals surface area (Å²) in [5.41, 5.74) is 0.683. The maximum absolute atomic E-state index is 11.1. The molecule has 0 fully saturated rings. The fourth-order valence-electron chi connectivity index (χ4n) is 0.846. The first-order valence-corrected chi connectivity index (χ1v) is 4.39. The maximum atomic E-state index is 11.1. The number of hydrogen-bond donors (Lipinski definition) is 2. The zero-order chi connectivity index (χ0) is 10.4. The van der Waals surface area contributed by atoms with E-state index >= 15 is 0 Å². The first-order valence-electron chi connectivity index (χ1n) is 4.01. The van der Waals surface area contributed by atoms with Gasteiger partial charge in [0.05, 0.1) is 0 Å². The molecule has 5 heteroatoms. The van der Waals surface area contributed by atoms with E-state index in [1.54, 1.807) is 24.3 Å². The molecule has 0 bridgehead atoms. The van der Waals surface area contributed by atoms with E-state index in [2.05, 4.69) is 15.4 Å². The SMILES string of the molecule is COCNC(=O)Nc1ccc(Cl)cc1. The highest BCUT2D eigenvalue weighted by atomic mass is 35.5. The second kappa shape index (κ2) is 5.47. The Morgan fingerprint density at radius 2 is 2.07 bits per heavy atom. The van der Waals surface area contributed by atoms with Gasteiger partial charge in [-0.3, -0.25) is 0 Å². The summed E-state index contributed by atoms with van der Waals surface area (Å²) >= 11 is 5.68.